The highest BCUT2D eigenvalue weighted by Gasteiger charge is 2.20. The van der Waals surface area contributed by atoms with E-state index in [2.05, 4.69) is 20.3 Å². The number of anilines is 1. The quantitative estimate of drug-likeness (QED) is 0.709. The number of aromatic nitrogens is 2. The monoisotopic (exact) mass is 371 g/mol. The Kier molecular flexibility index (Phi) is 5.55. The summed E-state index contributed by atoms with van der Waals surface area (Å²) in [5.41, 5.74) is 1.41. The minimum Gasteiger partial charge on any atom is -0.493 e. The zero-order valence-electron chi connectivity index (χ0n) is 14.2. The molecule has 0 radical (unpaired) electrons. The summed E-state index contributed by atoms with van der Waals surface area (Å²) in [7, 11) is 1.29. The molecular formula is C19H15F2N3O3. The number of ether oxygens (including phenoxy) is 2. The first-order chi connectivity index (χ1) is 13.1. The van der Waals surface area contributed by atoms with Crippen LogP contribution >= 0.6 is 0 Å². The van der Waals surface area contributed by atoms with E-state index in [9.17, 15) is 13.6 Å². The first kappa shape index (κ1) is 18.2. The van der Waals surface area contributed by atoms with Gasteiger partial charge in [-0.3, -0.25) is 4.79 Å². The zero-order chi connectivity index (χ0) is 19.2. The molecule has 138 valence electrons. The minimum atomic E-state index is -3.10. The maximum absolute atomic E-state index is 12.7. The number of hydrogen-bond donors (Lipinski definition) is 1. The molecule has 2 aromatic carbocycles. The molecule has 27 heavy (non-hydrogen) atoms. The fraction of sp³-hybridized carbons (Fsp3) is 0.105. The Bertz CT molecular complexity index is 919. The van der Waals surface area contributed by atoms with Gasteiger partial charge in [-0.15, -0.1) is 10.2 Å². The average molecular weight is 371 g/mol. The van der Waals surface area contributed by atoms with Gasteiger partial charge in [0.25, 0.3) is 5.91 Å². The largest absolute Gasteiger partial charge is 0.493 e. The summed E-state index contributed by atoms with van der Waals surface area (Å²) in [5, 5.41) is 10.5. The second-order valence-corrected chi connectivity index (χ2v) is 5.34. The summed E-state index contributed by atoms with van der Waals surface area (Å²) in [4.78, 5) is 12.5. The molecule has 0 saturated heterocycles. The van der Waals surface area contributed by atoms with Crippen molar-refractivity contribution in [2.75, 3.05) is 12.4 Å². The van der Waals surface area contributed by atoms with Gasteiger partial charge in [0, 0.05) is 5.56 Å². The molecule has 0 saturated carbocycles. The van der Waals surface area contributed by atoms with Gasteiger partial charge >= 0.3 is 6.61 Å². The molecule has 0 aliphatic rings. The van der Waals surface area contributed by atoms with E-state index in [0.29, 0.717) is 5.69 Å². The van der Waals surface area contributed by atoms with Gasteiger partial charge in [-0.1, -0.05) is 36.4 Å². The molecule has 1 heterocycles. The second kappa shape index (κ2) is 8.22. The highest BCUT2D eigenvalue weighted by molar-refractivity contribution is 6.06. The number of nitrogens with one attached hydrogen (secondary N) is 1. The molecule has 0 bridgehead atoms. The summed E-state index contributed by atoms with van der Waals surface area (Å²) in [6.45, 7) is -3.10. The third-order valence-corrected chi connectivity index (χ3v) is 3.63. The van der Waals surface area contributed by atoms with Gasteiger partial charge in [0.15, 0.2) is 17.3 Å². The van der Waals surface area contributed by atoms with Crippen LogP contribution in [0.3, 0.4) is 0 Å². The Labute approximate surface area is 153 Å². The van der Waals surface area contributed by atoms with Crippen LogP contribution in [0.25, 0.3) is 11.3 Å². The number of halogens is 2. The van der Waals surface area contributed by atoms with Gasteiger partial charge in [-0.25, -0.2) is 0 Å². The van der Waals surface area contributed by atoms with Crippen LogP contribution in [-0.4, -0.2) is 29.8 Å². The molecule has 0 spiro atoms. The van der Waals surface area contributed by atoms with E-state index in [0.717, 1.165) is 5.56 Å². The molecule has 1 N–H and O–H groups in total. The van der Waals surface area contributed by atoms with E-state index in [1.54, 1.807) is 12.1 Å². The molecule has 1 aromatic heterocycles. The number of alkyl halides is 2. The van der Waals surface area contributed by atoms with Gasteiger partial charge in [-0.2, -0.15) is 8.78 Å². The Balaban J connectivity index is 1.81. The van der Waals surface area contributed by atoms with Crippen LogP contribution in [0.5, 0.6) is 11.5 Å². The fourth-order valence-corrected chi connectivity index (χ4v) is 2.41. The smallest absolute Gasteiger partial charge is 0.387 e. The topological polar surface area (TPSA) is 73.3 Å². The first-order valence-corrected chi connectivity index (χ1v) is 7.91. The van der Waals surface area contributed by atoms with Crippen LogP contribution in [0.15, 0.2) is 60.7 Å². The molecular weight excluding hydrogens is 356 g/mol. The molecule has 0 atom stereocenters. The number of carbonyl (C=O) groups is 1. The molecule has 6 nitrogen and oxygen atoms in total. The maximum atomic E-state index is 12.7. The van der Waals surface area contributed by atoms with Crippen molar-refractivity contribution in [1.29, 1.82) is 0 Å². The highest BCUT2D eigenvalue weighted by Crippen LogP contribution is 2.32. The van der Waals surface area contributed by atoms with Gasteiger partial charge in [-0.05, 0) is 24.3 Å². The molecule has 3 rings (SSSR count). The normalized spacial score (nSPS) is 10.5. The molecule has 0 aliphatic heterocycles. The first-order valence-electron chi connectivity index (χ1n) is 7.91. The van der Waals surface area contributed by atoms with Crippen molar-refractivity contribution in [1.82, 2.24) is 10.2 Å². The molecule has 0 aliphatic carbocycles. The second-order valence-electron chi connectivity index (χ2n) is 5.34. The maximum Gasteiger partial charge on any atom is 0.387 e. The van der Waals surface area contributed by atoms with Crippen LogP contribution in [0, 0.1) is 0 Å². The van der Waals surface area contributed by atoms with Crippen LogP contribution < -0.4 is 14.8 Å². The number of rotatable bonds is 6. The molecule has 1 amide bonds. The average Bonchev–Trinajstić information content (AvgIpc) is 2.69. The van der Waals surface area contributed by atoms with Gasteiger partial charge < -0.3 is 14.8 Å². The van der Waals surface area contributed by atoms with Crippen LogP contribution in [0.4, 0.5) is 14.6 Å². The third-order valence-electron chi connectivity index (χ3n) is 3.63. The van der Waals surface area contributed by atoms with Crippen molar-refractivity contribution in [2.24, 2.45) is 0 Å². The molecule has 0 unspecified atom stereocenters. The number of benzene rings is 2. The van der Waals surface area contributed by atoms with E-state index in [4.69, 9.17) is 4.74 Å². The molecule has 3 aromatic rings. The predicted molar refractivity (Wildman–Crippen MR) is 95.0 cm³/mol. The van der Waals surface area contributed by atoms with Crippen LogP contribution in [-0.2, 0) is 0 Å². The number of methoxy groups -OCH3 is 1. The number of nitrogens with zero attached hydrogens (tertiary/aromatic N) is 2. The van der Waals surface area contributed by atoms with Crippen molar-refractivity contribution >= 4 is 11.7 Å². The van der Waals surface area contributed by atoms with E-state index in [1.165, 1.54) is 25.3 Å². The van der Waals surface area contributed by atoms with E-state index < -0.39 is 12.5 Å². The summed E-state index contributed by atoms with van der Waals surface area (Å²) >= 11 is 0. The van der Waals surface area contributed by atoms with E-state index >= 15 is 0 Å². The summed E-state index contributed by atoms with van der Waals surface area (Å²) in [6, 6.07) is 16.9. The lowest BCUT2D eigenvalue weighted by molar-refractivity contribution is -0.0515. The van der Waals surface area contributed by atoms with E-state index in [-0.39, 0.29) is 22.9 Å². The molecule has 0 fully saturated rings. The summed E-state index contributed by atoms with van der Waals surface area (Å²) in [6.07, 6.45) is 0. The Hall–Kier alpha value is -3.55. The minimum absolute atomic E-state index is 0.0217. The standard InChI is InChI=1S/C19H15F2N3O3/c1-26-15-9-5-8-13(17(15)27-19(20)21)18(25)22-16-11-10-14(23-24-16)12-6-3-2-4-7-12/h2-11,19H,1H3,(H,22,24,25). The van der Waals surface area contributed by atoms with Crippen LogP contribution in [0.2, 0.25) is 0 Å². The Morgan fingerprint density at radius 2 is 1.78 bits per heavy atom. The van der Waals surface area contributed by atoms with Crippen molar-refractivity contribution in [3.8, 4) is 22.8 Å². The molecule has 8 heteroatoms. The number of amides is 1. The Morgan fingerprint density at radius 3 is 2.41 bits per heavy atom. The van der Waals surface area contributed by atoms with Crippen molar-refractivity contribution < 1.29 is 23.0 Å². The third kappa shape index (κ3) is 4.35. The Morgan fingerprint density at radius 1 is 1.00 bits per heavy atom. The SMILES string of the molecule is COc1cccc(C(=O)Nc2ccc(-c3ccccc3)nn2)c1OC(F)F. The zero-order valence-corrected chi connectivity index (χ0v) is 14.2. The van der Waals surface area contributed by atoms with Gasteiger partial charge in [0.2, 0.25) is 0 Å². The lowest BCUT2D eigenvalue weighted by Crippen LogP contribution is -2.16. The van der Waals surface area contributed by atoms with Gasteiger partial charge in [0.1, 0.15) is 0 Å². The summed E-state index contributed by atoms with van der Waals surface area (Å²) in [5.74, 6) is -0.827. The number of para-hydroxylation sites is 1. The fourth-order valence-electron chi connectivity index (χ4n) is 2.41. The predicted octanol–water partition coefficient (Wildman–Crippen LogP) is 4.01. The lowest BCUT2D eigenvalue weighted by Gasteiger charge is -2.14. The van der Waals surface area contributed by atoms with Crippen molar-refractivity contribution in [3.05, 3.63) is 66.2 Å². The van der Waals surface area contributed by atoms with E-state index in [1.807, 2.05) is 30.3 Å². The lowest BCUT2D eigenvalue weighted by atomic mass is 10.1. The highest BCUT2D eigenvalue weighted by atomic mass is 19.3. The van der Waals surface area contributed by atoms with Crippen LogP contribution in [0.1, 0.15) is 10.4 Å². The van der Waals surface area contributed by atoms with Gasteiger partial charge in [0.05, 0.1) is 18.4 Å². The summed E-state index contributed by atoms with van der Waals surface area (Å²) < 4.78 is 34.8. The number of hydrogen-bond acceptors (Lipinski definition) is 5. The number of carbonyl (C=O) groups excluding carboxylic acids is 1. The van der Waals surface area contributed by atoms with Crippen molar-refractivity contribution in [3.63, 3.8) is 0 Å². The van der Waals surface area contributed by atoms with Crippen molar-refractivity contribution in [2.45, 2.75) is 6.61 Å².